The summed E-state index contributed by atoms with van der Waals surface area (Å²) in [6.45, 7) is 11.7. The van der Waals surface area contributed by atoms with E-state index in [1.165, 1.54) is 12.0 Å². The summed E-state index contributed by atoms with van der Waals surface area (Å²) in [5, 5.41) is 3.69. The molecular weight excluding hydrogens is 260 g/mol. The highest BCUT2D eigenvalue weighted by Gasteiger charge is 2.27. The minimum Gasteiger partial charge on any atom is -0.373 e. The highest BCUT2D eigenvalue weighted by atomic mass is 16.5. The fourth-order valence-corrected chi connectivity index (χ4v) is 3.01. The Morgan fingerprint density at radius 2 is 2.05 bits per heavy atom. The molecule has 3 heteroatoms. The number of benzene rings is 1. The number of nitrogens with one attached hydrogen (secondary N) is 1. The summed E-state index contributed by atoms with van der Waals surface area (Å²) >= 11 is 0. The molecule has 0 radical (unpaired) electrons. The SMILES string of the molecule is CCCNC(CCN1CCOC(C)(C)C1)c1ccccc1. The first-order valence-electron chi connectivity index (χ1n) is 8.25. The smallest absolute Gasteiger partial charge is 0.0753 e. The van der Waals surface area contributed by atoms with Gasteiger partial charge in [0, 0.05) is 25.7 Å². The summed E-state index contributed by atoms with van der Waals surface area (Å²) in [5.41, 5.74) is 1.40. The third kappa shape index (κ3) is 5.42. The van der Waals surface area contributed by atoms with E-state index in [1.807, 2.05) is 0 Å². The molecule has 1 saturated heterocycles. The zero-order valence-corrected chi connectivity index (χ0v) is 13.8. The lowest BCUT2D eigenvalue weighted by atomic mass is 10.0. The quantitative estimate of drug-likeness (QED) is 0.834. The van der Waals surface area contributed by atoms with Gasteiger partial charge in [-0.05, 0) is 38.8 Å². The van der Waals surface area contributed by atoms with Gasteiger partial charge in [0.2, 0.25) is 0 Å². The van der Waals surface area contributed by atoms with Crippen LogP contribution in [0.2, 0.25) is 0 Å². The van der Waals surface area contributed by atoms with Crippen molar-refractivity contribution >= 4 is 0 Å². The number of ether oxygens (including phenoxy) is 1. The van der Waals surface area contributed by atoms with E-state index in [4.69, 9.17) is 4.74 Å². The Hall–Kier alpha value is -0.900. The van der Waals surface area contributed by atoms with Crippen molar-refractivity contribution in [2.24, 2.45) is 0 Å². The lowest BCUT2D eigenvalue weighted by Gasteiger charge is -2.38. The minimum absolute atomic E-state index is 0.00264. The molecule has 118 valence electrons. The number of rotatable bonds is 7. The van der Waals surface area contributed by atoms with Gasteiger partial charge < -0.3 is 10.1 Å². The molecule has 1 heterocycles. The third-order valence-electron chi connectivity index (χ3n) is 4.08. The molecule has 3 nitrogen and oxygen atoms in total. The standard InChI is InChI=1S/C18H30N2O/c1-4-11-19-17(16-8-6-5-7-9-16)10-12-20-13-14-21-18(2,3)15-20/h5-9,17,19H,4,10-15H2,1-3H3. The molecule has 1 unspecified atom stereocenters. The molecule has 1 aliphatic heterocycles. The predicted molar refractivity (Wildman–Crippen MR) is 88.6 cm³/mol. The molecule has 0 bridgehead atoms. The maximum atomic E-state index is 5.79. The van der Waals surface area contributed by atoms with Crippen molar-refractivity contribution in [3.63, 3.8) is 0 Å². The molecule has 21 heavy (non-hydrogen) atoms. The van der Waals surface area contributed by atoms with Crippen molar-refractivity contribution in [3.05, 3.63) is 35.9 Å². The van der Waals surface area contributed by atoms with Crippen LogP contribution in [0, 0.1) is 0 Å². The minimum atomic E-state index is -0.00264. The molecular formula is C18H30N2O. The Morgan fingerprint density at radius 1 is 1.29 bits per heavy atom. The number of hydrogen-bond acceptors (Lipinski definition) is 3. The molecule has 0 amide bonds. The Bertz CT molecular complexity index is 405. The molecule has 0 spiro atoms. The van der Waals surface area contributed by atoms with Crippen LogP contribution in [0.25, 0.3) is 0 Å². The number of hydrogen-bond donors (Lipinski definition) is 1. The molecule has 1 N–H and O–H groups in total. The Morgan fingerprint density at radius 3 is 2.71 bits per heavy atom. The zero-order valence-electron chi connectivity index (χ0n) is 13.8. The molecule has 1 aromatic rings. The van der Waals surface area contributed by atoms with Crippen LogP contribution in [0.1, 0.15) is 45.2 Å². The van der Waals surface area contributed by atoms with E-state index in [9.17, 15) is 0 Å². The molecule has 0 saturated carbocycles. The summed E-state index contributed by atoms with van der Waals surface area (Å²) in [6.07, 6.45) is 2.33. The molecule has 2 rings (SSSR count). The topological polar surface area (TPSA) is 24.5 Å². The van der Waals surface area contributed by atoms with Gasteiger partial charge in [0.25, 0.3) is 0 Å². The van der Waals surface area contributed by atoms with Gasteiger partial charge in [-0.3, -0.25) is 4.90 Å². The fraction of sp³-hybridized carbons (Fsp3) is 0.667. The summed E-state index contributed by atoms with van der Waals surface area (Å²) in [4.78, 5) is 2.53. The number of morpholine rings is 1. The monoisotopic (exact) mass is 290 g/mol. The Kier molecular flexibility index (Phi) is 6.22. The highest BCUT2D eigenvalue weighted by Crippen LogP contribution is 2.20. The molecule has 1 atom stereocenters. The van der Waals surface area contributed by atoms with E-state index in [2.05, 4.69) is 61.3 Å². The lowest BCUT2D eigenvalue weighted by molar-refractivity contribution is -0.0864. The molecule has 0 aromatic heterocycles. The van der Waals surface area contributed by atoms with Gasteiger partial charge in [-0.2, -0.15) is 0 Å². The van der Waals surface area contributed by atoms with Gasteiger partial charge in [-0.1, -0.05) is 37.3 Å². The summed E-state index contributed by atoms with van der Waals surface area (Å²) < 4.78 is 5.79. The highest BCUT2D eigenvalue weighted by molar-refractivity contribution is 5.18. The first-order chi connectivity index (χ1) is 10.1. The second-order valence-corrected chi connectivity index (χ2v) is 6.59. The summed E-state index contributed by atoms with van der Waals surface area (Å²) in [6, 6.07) is 11.3. The summed E-state index contributed by atoms with van der Waals surface area (Å²) in [5.74, 6) is 0. The maximum Gasteiger partial charge on any atom is 0.0753 e. The van der Waals surface area contributed by atoms with Gasteiger partial charge in [-0.25, -0.2) is 0 Å². The van der Waals surface area contributed by atoms with Crippen molar-refractivity contribution < 1.29 is 4.74 Å². The first-order valence-corrected chi connectivity index (χ1v) is 8.25. The van der Waals surface area contributed by atoms with Gasteiger partial charge in [-0.15, -0.1) is 0 Å². The normalized spacial score (nSPS) is 20.3. The van der Waals surface area contributed by atoms with Crippen molar-refractivity contribution in [1.82, 2.24) is 10.2 Å². The third-order valence-corrected chi connectivity index (χ3v) is 4.08. The van der Waals surface area contributed by atoms with Crippen LogP contribution in [-0.2, 0) is 4.74 Å². The van der Waals surface area contributed by atoms with Crippen LogP contribution in [0.3, 0.4) is 0 Å². The van der Waals surface area contributed by atoms with Crippen LogP contribution in [0.5, 0.6) is 0 Å². The van der Waals surface area contributed by atoms with Crippen molar-refractivity contribution in [1.29, 1.82) is 0 Å². The molecule has 1 fully saturated rings. The molecule has 1 aliphatic rings. The number of nitrogens with zero attached hydrogens (tertiary/aromatic N) is 1. The van der Waals surface area contributed by atoms with E-state index in [0.29, 0.717) is 6.04 Å². The van der Waals surface area contributed by atoms with Gasteiger partial charge in [0.15, 0.2) is 0 Å². The summed E-state index contributed by atoms with van der Waals surface area (Å²) in [7, 11) is 0. The van der Waals surface area contributed by atoms with Crippen LogP contribution in [-0.4, -0.2) is 43.3 Å². The van der Waals surface area contributed by atoms with E-state index in [-0.39, 0.29) is 5.60 Å². The van der Waals surface area contributed by atoms with Gasteiger partial charge >= 0.3 is 0 Å². The van der Waals surface area contributed by atoms with Crippen LogP contribution < -0.4 is 5.32 Å². The van der Waals surface area contributed by atoms with Crippen molar-refractivity contribution in [2.75, 3.05) is 32.8 Å². The van der Waals surface area contributed by atoms with Crippen LogP contribution >= 0.6 is 0 Å². The van der Waals surface area contributed by atoms with Crippen molar-refractivity contribution in [3.8, 4) is 0 Å². The van der Waals surface area contributed by atoms with Crippen LogP contribution in [0.4, 0.5) is 0 Å². The van der Waals surface area contributed by atoms with E-state index in [1.54, 1.807) is 0 Å². The largest absolute Gasteiger partial charge is 0.373 e. The fourth-order valence-electron chi connectivity index (χ4n) is 3.01. The van der Waals surface area contributed by atoms with E-state index >= 15 is 0 Å². The molecule has 1 aromatic carbocycles. The molecule has 0 aliphatic carbocycles. The van der Waals surface area contributed by atoms with Crippen LogP contribution in [0.15, 0.2) is 30.3 Å². The van der Waals surface area contributed by atoms with E-state index < -0.39 is 0 Å². The zero-order chi connectivity index (χ0) is 15.1. The second-order valence-electron chi connectivity index (χ2n) is 6.59. The first kappa shape index (κ1) is 16.5. The Labute approximate surface area is 129 Å². The average Bonchev–Trinajstić information content (AvgIpc) is 2.47. The Balaban J connectivity index is 1.90. The lowest BCUT2D eigenvalue weighted by Crippen LogP contribution is -2.48. The van der Waals surface area contributed by atoms with Gasteiger partial charge in [0.1, 0.15) is 0 Å². The van der Waals surface area contributed by atoms with Crippen molar-refractivity contribution in [2.45, 2.75) is 45.3 Å². The predicted octanol–water partition coefficient (Wildman–Crippen LogP) is 3.23. The second kappa shape index (κ2) is 7.92. The van der Waals surface area contributed by atoms with Gasteiger partial charge in [0.05, 0.1) is 12.2 Å². The van der Waals surface area contributed by atoms with E-state index in [0.717, 1.165) is 39.2 Å². The maximum absolute atomic E-state index is 5.79. The average molecular weight is 290 g/mol.